The Balaban J connectivity index is 1.66. The maximum absolute atomic E-state index is 12.6. The molecule has 4 bridgehead atoms. The first-order valence-electron chi connectivity index (χ1n) is 8.04. The summed E-state index contributed by atoms with van der Waals surface area (Å²) in [4.78, 5) is 13.9. The molecule has 4 aliphatic carbocycles. The van der Waals surface area contributed by atoms with E-state index in [0.717, 1.165) is 43.6 Å². The van der Waals surface area contributed by atoms with E-state index in [4.69, 9.17) is 4.74 Å². The first kappa shape index (κ1) is 13.4. The van der Waals surface area contributed by atoms with E-state index in [0.29, 0.717) is 6.61 Å². The molecule has 0 saturated heterocycles. The summed E-state index contributed by atoms with van der Waals surface area (Å²) >= 11 is 0. The molecule has 1 N–H and O–H groups in total. The lowest BCUT2D eigenvalue weighted by molar-refractivity contribution is -0.858. The molecule has 4 fully saturated rings. The molecule has 4 atom stereocenters. The van der Waals surface area contributed by atoms with Crippen LogP contribution in [0.5, 0.6) is 0 Å². The predicted octanol–water partition coefficient (Wildman–Crippen LogP) is 1.28. The van der Waals surface area contributed by atoms with Gasteiger partial charge in [0.1, 0.15) is 13.2 Å². The lowest BCUT2D eigenvalue weighted by Crippen LogP contribution is -3.06. The number of fused-ring (bicyclic) bond motifs is 1. The summed E-state index contributed by atoms with van der Waals surface area (Å²) in [6, 6.07) is 0. The SMILES string of the molecule is C[NH+](C)CCOC(=O)C12CCC3C[C@H](C[C@H](C3)C1)C2. The monoisotopic (exact) mass is 266 g/mol. The number of ether oxygens (including phenoxy) is 1. The maximum atomic E-state index is 12.6. The average molecular weight is 266 g/mol. The Hall–Kier alpha value is -0.570. The lowest BCUT2D eigenvalue weighted by Gasteiger charge is -2.43. The van der Waals surface area contributed by atoms with Crippen molar-refractivity contribution in [2.75, 3.05) is 27.2 Å². The molecule has 0 aromatic rings. The summed E-state index contributed by atoms with van der Waals surface area (Å²) < 4.78 is 5.63. The van der Waals surface area contributed by atoms with Crippen molar-refractivity contribution in [3.8, 4) is 0 Å². The highest BCUT2D eigenvalue weighted by Crippen LogP contribution is 2.57. The molecule has 0 aromatic carbocycles. The van der Waals surface area contributed by atoms with E-state index in [2.05, 4.69) is 14.1 Å². The first-order chi connectivity index (χ1) is 9.07. The van der Waals surface area contributed by atoms with Crippen molar-refractivity contribution in [3.63, 3.8) is 0 Å². The molecule has 4 aliphatic rings. The molecule has 4 saturated carbocycles. The topological polar surface area (TPSA) is 30.7 Å². The van der Waals surface area contributed by atoms with Crippen molar-refractivity contribution in [1.29, 1.82) is 0 Å². The second-order valence-electron chi connectivity index (χ2n) is 7.63. The molecule has 108 valence electrons. The number of esters is 1. The quantitative estimate of drug-likeness (QED) is 0.777. The van der Waals surface area contributed by atoms with Crippen LogP contribution in [0.25, 0.3) is 0 Å². The fraction of sp³-hybridized carbons (Fsp3) is 0.938. The van der Waals surface area contributed by atoms with Gasteiger partial charge >= 0.3 is 5.97 Å². The van der Waals surface area contributed by atoms with Gasteiger partial charge in [-0.05, 0) is 62.7 Å². The number of quaternary nitrogens is 1. The van der Waals surface area contributed by atoms with Crippen molar-refractivity contribution >= 4 is 5.97 Å². The van der Waals surface area contributed by atoms with Gasteiger partial charge in [0.25, 0.3) is 0 Å². The van der Waals surface area contributed by atoms with Crippen LogP contribution in [0.4, 0.5) is 0 Å². The molecule has 0 aliphatic heterocycles. The van der Waals surface area contributed by atoms with Crippen LogP contribution < -0.4 is 4.90 Å². The van der Waals surface area contributed by atoms with Gasteiger partial charge in [-0.25, -0.2) is 0 Å². The third-order valence-electron chi connectivity index (χ3n) is 5.66. The number of likely N-dealkylation sites (N-methyl/N-ethyl adjacent to an activating group) is 1. The lowest BCUT2D eigenvalue weighted by atomic mass is 9.61. The number of nitrogens with one attached hydrogen (secondary N) is 1. The van der Waals surface area contributed by atoms with Crippen molar-refractivity contribution in [1.82, 2.24) is 0 Å². The van der Waals surface area contributed by atoms with Crippen molar-refractivity contribution in [2.24, 2.45) is 23.2 Å². The van der Waals surface area contributed by atoms with Gasteiger partial charge in [0, 0.05) is 0 Å². The molecule has 3 heteroatoms. The zero-order chi connectivity index (χ0) is 13.5. The van der Waals surface area contributed by atoms with Gasteiger partial charge in [-0.2, -0.15) is 0 Å². The average Bonchev–Trinajstić information content (AvgIpc) is 2.54. The van der Waals surface area contributed by atoms with Gasteiger partial charge in [0.15, 0.2) is 0 Å². The number of rotatable bonds is 4. The summed E-state index contributed by atoms with van der Waals surface area (Å²) in [5, 5.41) is 0. The van der Waals surface area contributed by atoms with Crippen LogP contribution in [-0.4, -0.2) is 33.2 Å². The molecule has 4 rings (SSSR count). The highest BCUT2D eigenvalue weighted by atomic mass is 16.5. The van der Waals surface area contributed by atoms with Crippen LogP contribution >= 0.6 is 0 Å². The Kier molecular flexibility index (Phi) is 3.59. The van der Waals surface area contributed by atoms with E-state index < -0.39 is 0 Å². The van der Waals surface area contributed by atoms with E-state index in [9.17, 15) is 4.79 Å². The molecule has 0 spiro atoms. The second kappa shape index (κ2) is 5.08. The van der Waals surface area contributed by atoms with Gasteiger partial charge in [-0.15, -0.1) is 0 Å². The highest BCUT2D eigenvalue weighted by Gasteiger charge is 2.52. The summed E-state index contributed by atoms with van der Waals surface area (Å²) in [6.45, 7) is 1.50. The minimum atomic E-state index is -0.0967. The molecular weight excluding hydrogens is 238 g/mol. The second-order valence-corrected chi connectivity index (χ2v) is 7.63. The Morgan fingerprint density at radius 1 is 1.16 bits per heavy atom. The molecule has 3 nitrogen and oxygen atoms in total. The maximum Gasteiger partial charge on any atom is 0.312 e. The number of carbonyl (C=O) groups excluding carboxylic acids is 1. The van der Waals surface area contributed by atoms with E-state index in [-0.39, 0.29) is 11.4 Å². The molecule has 0 radical (unpaired) electrons. The van der Waals surface area contributed by atoms with Gasteiger partial charge in [-0.1, -0.05) is 0 Å². The standard InChI is InChI=1S/C16H27NO2/c1-17(2)5-6-19-15(18)16-4-3-12-7-13(10-16)9-14(8-12)11-16/h12-14H,3-11H2,1-2H3/p+1/t12?,13-,14+,16?. The van der Waals surface area contributed by atoms with Gasteiger partial charge < -0.3 is 9.64 Å². The van der Waals surface area contributed by atoms with Crippen LogP contribution in [0.2, 0.25) is 0 Å². The number of hydrogen-bond donors (Lipinski definition) is 1. The Bertz CT molecular complexity index is 339. The minimum Gasteiger partial charge on any atom is -0.459 e. The predicted molar refractivity (Wildman–Crippen MR) is 73.9 cm³/mol. The Morgan fingerprint density at radius 3 is 2.42 bits per heavy atom. The molecule has 0 aromatic heterocycles. The summed E-state index contributed by atoms with van der Waals surface area (Å²) in [6.07, 6.45) is 8.74. The fourth-order valence-electron chi connectivity index (χ4n) is 4.91. The Morgan fingerprint density at radius 2 is 1.79 bits per heavy atom. The largest absolute Gasteiger partial charge is 0.459 e. The smallest absolute Gasteiger partial charge is 0.312 e. The van der Waals surface area contributed by atoms with E-state index in [1.807, 2.05) is 0 Å². The molecule has 2 unspecified atom stereocenters. The summed E-state index contributed by atoms with van der Waals surface area (Å²) in [5.41, 5.74) is -0.0967. The number of hydrogen-bond acceptors (Lipinski definition) is 2. The third-order valence-corrected chi connectivity index (χ3v) is 5.66. The van der Waals surface area contributed by atoms with Crippen LogP contribution in [0.15, 0.2) is 0 Å². The molecule has 19 heavy (non-hydrogen) atoms. The van der Waals surface area contributed by atoms with E-state index in [1.165, 1.54) is 30.6 Å². The Labute approximate surface area is 116 Å². The van der Waals surface area contributed by atoms with Crippen LogP contribution in [0.1, 0.15) is 44.9 Å². The molecule has 0 heterocycles. The van der Waals surface area contributed by atoms with E-state index in [1.54, 1.807) is 0 Å². The first-order valence-corrected chi connectivity index (χ1v) is 8.04. The van der Waals surface area contributed by atoms with Crippen molar-refractivity contribution < 1.29 is 14.4 Å². The van der Waals surface area contributed by atoms with Crippen molar-refractivity contribution in [3.05, 3.63) is 0 Å². The van der Waals surface area contributed by atoms with Gasteiger partial charge in [0.05, 0.1) is 19.5 Å². The summed E-state index contributed by atoms with van der Waals surface area (Å²) in [7, 11) is 4.20. The van der Waals surface area contributed by atoms with Crippen LogP contribution in [-0.2, 0) is 9.53 Å². The normalized spacial score (nSPS) is 40.5. The molecule has 0 amide bonds. The molecular formula is C16H28NO2+. The zero-order valence-electron chi connectivity index (χ0n) is 12.4. The highest BCUT2D eigenvalue weighted by molar-refractivity contribution is 5.77. The summed E-state index contributed by atoms with van der Waals surface area (Å²) in [5.74, 6) is 2.66. The van der Waals surface area contributed by atoms with Crippen LogP contribution in [0.3, 0.4) is 0 Å². The fourth-order valence-corrected chi connectivity index (χ4v) is 4.91. The van der Waals surface area contributed by atoms with Crippen LogP contribution in [0, 0.1) is 23.2 Å². The zero-order valence-corrected chi connectivity index (χ0v) is 12.4. The minimum absolute atomic E-state index is 0.0967. The third kappa shape index (κ3) is 2.67. The number of carbonyl (C=O) groups is 1. The van der Waals surface area contributed by atoms with Crippen molar-refractivity contribution in [2.45, 2.75) is 44.9 Å². The van der Waals surface area contributed by atoms with Gasteiger partial charge in [0.2, 0.25) is 0 Å². The van der Waals surface area contributed by atoms with Gasteiger partial charge in [-0.3, -0.25) is 4.79 Å². The van der Waals surface area contributed by atoms with E-state index >= 15 is 0 Å².